The van der Waals surface area contributed by atoms with Crippen LogP contribution >= 0.6 is 0 Å². The average Bonchev–Trinajstić information content (AvgIpc) is 3.48. The van der Waals surface area contributed by atoms with E-state index >= 15 is 0 Å². The standard InChI is InChI=1S/C20H18F5N3O2/c21-19(22)10-28(11-19)18(29)15-8-26-17(27-9-15)4-1-12-5-14(13-2-3-13)7-16(6-12)30-20(23,24)25/h5-9,13H,1-4,10-11H2. The molecular formula is C20H18F5N3O2. The number of nitrogens with zero attached hydrogens (tertiary/aromatic N) is 3. The number of ether oxygens (including phenoxy) is 1. The van der Waals surface area contributed by atoms with Crippen molar-refractivity contribution in [1.82, 2.24) is 14.9 Å². The number of carbonyl (C=O) groups excluding carboxylic acids is 1. The second-order valence-electron chi connectivity index (χ2n) is 7.64. The molecule has 0 spiro atoms. The molecule has 0 bridgehead atoms. The predicted octanol–water partition coefficient (Wildman–Crippen LogP) is 4.13. The van der Waals surface area contributed by atoms with Crippen molar-refractivity contribution in [3.63, 3.8) is 0 Å². The summed E-state index contributed by atoms with van der Waals surface area (Å²) in [6.07, 6.45) is 0.411. The number of rotatable bonds is 6. The molecule has 0 unspecified atom stereocenters. The molecule has 2 aromatic rings. The van der Waals surface area contributed by atoms with Gasteiger partial charge < -0.3 is 9.64 Å². The first-order valence-corrected chi connectivity index (χ1v) is 9.46. The lowest BCUT2D eigenvalue weighted by Gasteiger charge is -2.38. The van der Waals surface area contributed by atoms with E-state index in [0.717, 1.165) is 23.3 Å². The molecule has 1 saturated carbocycles. The molecule has 0 radical (unpaired) electrons. The lowest BCUT2D eigenvalue weighted by Crippen LogP contribution is -2.58. The van der Waals surface area contributed by atoms with Crippen LogP contribution in [-0.4, -0.2) is 46.1 Å². The highest BCUT2D eigenvalue weighted by atomic mass is 19.4. The summed E-state index contributed by atoms with van der Waals surface area (Å²) < 4.78 is 67.6. The first-order chi connectivity index (χ1) is 14.1. The van der Waals surface area contributed by atoms with Gasteiger partial charge in [0.25, 0.3) is 11.8 Å². The van der Waals surface area contributed by atoms with Crippen molar-refractivity contribution in [2.24, 2.45) is 0 Å². The van der Waals surface area contributed by atoms with Crippen molar-refractivity contribution in [2.45, 2.75) is 43.9 Å². The zero-order valence-corrected chi connectivity index (χ0v) is 15.8. The second-order valence-corrected chi connectivity index (χ2v) is 7.64. The van der Waals surface area contributed by atoms with Crippen LogP contribution in [0.25, 0.3) is 0 Å². The van der Waals surface area contributed by atoms with Crippen molar-refractivity contribution >= 4 is 5.91 Å². The molecule has 1 saturated heterocycles. The summed E-state index contributed by atoms with van der Waals surface area (Å²) in [5.74, 6) is -2.99. The third-order valence-corrected chi connectivity index (χ3v) is 4.99. The quantitative estimate of drug-likeness (QED) is 0.651. The first-order valence-electron chi connectivity index (χ1n) is 9.46. The van der Waals surface area contributed by atoms with Crippen LogP contribution in [0.3, 0.4) is 0 Å². The van der Waals surface area contributed by atoms with Crippen LogP contribution < -0.4 is 4.74 Å². The number of benzene rings is 1. The minimum atomic E-state index is -4.76. The molecule has 10 heteroatoms. The smallest absolute Gasteiger partial charge is 0.406 e. The van der Waals surface area contributed by atoms with E-state index in [9.17, 15) is 26.7 Å². The Morgan fingerprint density at radius 3 is 2.33 bits per heavy atom. The number of halogens is 5. The molecule has 2 aliphatic rings. The highest BCUT2D eigenvalue weighted by Crippen LogP contribution is 2.42. The summed E-state index contributed by atoms with van der Waals surface area (Å²) in [6.45, 7) is -1.24. The number of hydrogen-bond acceptors (Lipinski definition) is 4. The second kappa shape index (κ2) is 7.48. The molecular weight excluding hydrogens is 409 g/mol. The van der Waals surface area contributed by atoms with Gasteiger partial charge in [-0.2, -0.15) is 0 Å². The number of alkyl halides is 5. The van der Waals surface area contributed by atoms with Crippen LogP contribution in [0, 0.1) is 0 Å². The predicted molar refractivity (Wildman–Crippen MR) is 95.4 cm³/mol. The van der Waals surface area contributed by atoms with Crippen LogP contribution in [-0.2, 0) is 12.8 Å². The Kier molecular flexibility index (Phi) is 5.11. The topological polar surface area (TPSA) is 55.3 Å². The molecule has 160 valence electrons. The van der Waals surface area contributed by atoms with Gasteiger partial charge in [0.1, 0.15) is 11.6 Å². The summed E-state index contributed by atoms with van der Waals surface area (Å²) >= 11 is 0. The highest BCUT2D eigenvalue weighted by Gasteiger charge is 2.46. The molecule has 2 heterocycles. The van der Waals surface area contributed by atoms with Crippen LogP contribution in [0.5, 0.6) is 5.75 Å². The molecule has 5 nitrogen and oxygen atoms in total. The fourth-order valence-corrected chi connectivity index (χ4v) is 3.36. The Morgan fingerprint density at radius 2 is 1.77 bits per heavy atom. The minimum Gasteiger partial charge on any atom is -0.406 e. The maximum absolute atomic E-state index is 12.9. The molecule has 4 rings (SSSR count). The van der Waals surface area contributed by atoms with Gasteiger partial charge in [-0.05, 0) is 48.4 Å². The summed E-state index contributed by atoms with van der Waals surface area (Å²) in [5.41, 5.74) is 1.61. The number of aryl methyl sites for hydroxylation is 2. The fourth-order valence-electron chi connectivity index (χ4n) is 3.36. The summed E-state index contributed by atoms with van der Waals surface area (Å²) in [7, 11) is 0. The number of amides is 1. The summed E-state index contributed by atoms with van der Waals surface area (Å²) in [5, 5.41) is 0. The molecule has 1 amide bonds. The Labute approximate surface area is 168 Å². The van der Waals surface area contributed by atoms with Gasteiger partial charge in [0.05, 0.1) is 18.7 Å². The third kappa shape index (κ3) is 5.03. The molecule has 2 fully saturated rings. The lowest BCUT2D eigenvalue weighted by atomic mass is 10.0. The molecule has 0 atom stereocenters. The minimum absolute atomic E-state index is 0.117. The Bertz CT molecular complexity index is 934. The largest absolute Gasteiger partial charge is 0.573 e. The van der Waals surface area contributed by atoms with Crippen molar-refractivity contribution in [3.8, 4) is 5.75 Å². The van der Waals surface area contributed by atoms with Crippen molar-refractivity contribution in [3.05, 3.63) is 53.1 Å². The summed E-state index contributed by atoms with van der Waals surface area (Å²) in [6, 6.07) is 4.63. The van der Waals surface area contributed by atoms with Crippen molar-refractivity contribution < 1.29 is 31.5 Å². The van der Waals surface area contributed by atoms with Crippen molar-refractivity contribution in [2.75, 3.05) is 13.1 Å². The van der Waals surface area contributed by atoms with E-state index in [1.165, 1.54) is 24.5 Å². The van der Waals surface area contributed by atoms with Gasteiger partial charge in [0, 0.05) is 18.8 Å². The molecule has 30 heavy (non-hydrogen) atoms. The number of hydrogen-bond donors (Lipinski definition) is 0. The normalized spacial score (nSPS) is 18.1. The maximum atomic E-state index is 12.9. The van der Waals surface area contributed by atoms with Crippen LogP contribution in [0.2, 0.25) is 0 Å². The zero-order valence-electron chi connectivity index (χ0n) is 15.8. The van der Waals surface area contributed by atoms with E-state index in [-0.39, 0.29) is 17.2 Å². The van der Waals surface area contributed by atoms with Crippen LogP contribution in [0.1, 0.15) is 46.1 Å². The Balaban J connectivity index is 1.40. The Morgan fingerprint density at radius 1 is 1.10 bits per heavy atom. The van der Waals surface area contributed by atoms with Gasteiger partial charge >= 0.3 is 6.36 Å². The van der Waals surface area contributed by atoms with E-state index in [1.54, 1.807) is 0 Å². The number of aromatic nitrogens is 2. The molecule has 1 aromatic heterocycles. The van der Waals surface area contributed by atoms with Gasteiger partial charge in [-0.3, -0.25) is 4.79 Å². The third-order valence-electron chi connectivity index (χ3n) is 4.99. The van der Waals surface area contributed by atoms with Gasteiger partial charge in [0.15, 0.2) is 0 Å². The average molecular weight is 427 g/mol. The highest BCUT2D eigenvalue weighted by molar-refractivity contribution is 5.94. The van der Waals surface area contributed by atoms with E-state index in [4.69, 9.17) is 0 Å². The molecule has 1 aromatic carbocycles. The number of likely N-dealkylation sites (tertiary alicyclic amines) is 1. The van der Waals surface area contributed by atoms with E-state index in [1.807, 2.05) is 6.07 Å². The maximum Gasteiger partial charge on any atom is 0.573 e. The lowest BCUT2D eigenvalue weighted by molar-refractivity contribution is -0.274. The van der Waals surface area contributed by atoms with Crippen LogP contribution in [0.15, 0.2) is 30.6 Å². The monoisotopic (exact) mass is 427 g/mol. The van der Waals surface area contributed by atoms with E-state index in [0.29, 0.717) is 24.2 Å². The van der Waals surface area contributed by atoms with Gasteiger partial charge in [-0.25, -0.2) is 18.7 Å². The molecule has 1 aliphatic heterocycles. The summed E-state index contributed by atoms with van der Waals surface area (Å²) in [4.78, 5) is 21.3. The fraction of sp³-hybridized carbons (Fsp3) is 0.450. The zero-order chi connectivity index (χ0) is 21.5. The van der Waals surface area contributed by atoms with E-state index in [2.05, 4.69) is 14.7 Å². The molecule has 1 aliphatic carbocycles. The molecule has 0 N–H and O–H groups in total. The van der Waals surface area contributed by atoms with Gasteiger partial charge in [0.2, 0.25) is 0 Å². The first kappa shape index (κ1) is 20.5. The SMILES string of the molecule is O=C(c1cnc(CCc2cc(OC(F)(F)F)cc(C3CC3)c2)nc1)N1CC(F)(F)C1. The Hall–Kier alpha value is -2.78. The van der Waals surface area contributed by atoms with Crippen molar-refractivity contribution in [1.29, 1.82) is 0 Å². The number of carbonyl (C=O) groups is 1. The van der Waals surface area contributed by atoms with E-state index < -0.39 is 31.3 Å². The van der Waals surface area contributed by atoms with Crippen LogP contribution in [0.4, 0.5) is 22.0 Å². The van der Waals surface area contributed by atoms with Gasteiger partial charge in [-0.15, -0.1) is 13.2 Å². The van der Waals surface area contributed by atoms with Gasteiger partial charge in [-0.1, -0.05) is 6.07 Å².